The lowest BCUT2D eigenvalue weighted by Gasteiger charge is -2.27. The molecule has 1 aromatic rings. The molecule has 4 heteroatoms. The zero-order valence-corrected chi connectivity index (χ0v) is 14.3. The molecule has 1 aromatic heterocycles. The van der Waals surface area contributed by atoms with Gasteiger partial charge < -0.3 is 10.2 Å². The number of aromatic nitrogens is 1. The molecule has 0 saturated heterocycles. The van der Waals surface area contributed by atoms with Crippen molar-refractivity contribution in [1.29, 1.82) is 0 Å². The van der Waals surface area contributed by atoms with Gasteiger partial charge in [0, 0.05) is 23.5 Å². The fraction of sp³-hybridized carbons (Fsp3) is 0.800. The first kappa shape index (κ1) is 16.6. The van der Waals surface area contributed by atoms with Crippen molar-refractivity contribution in [3.05, 3.63) is 15.6 Å². The van der Waals surface area contributed by atoms with Crippen LogP contribution in [0.2, 0.25) is 0 Å². The summed E-state index contributed by atoms with van der Waals surface area (Å²) in [6.07, 6.45) is 1.21. The maximum absolute atomic E-state index is 4.53. The quantitative estimate of drug-likeness (QED) is 0.831. The number of hydrogen-bond donors (Lipinski definition) is 1. The summed E-state index contributed by atoms with van der Waals surface area (Å²) < 4.78 is 0. The number of hydrogen-bond acceptors (Lipinski definition) is 4. The molecule has 0 radical (unpaired) electrons. The van der Waals surface area contributed by atoms with Crippen LogP contribution in [0, 0.1) is 19.8 Å². The minimum absolute atomic E-state index is 0.384. The Kier molecular flexibility index (Phi) is 6.43. The molecule has 1 N–H and O–H groups in total. The number of likely N-dealkylation sites (N-methyl/N-ethyl adjacent to an activating group) is 1. The van der Waals surface area contributed by atoms with Gasteiger partial charge in [0.15, 0.2) is 0 Å². The van der Waals surface area contributed by atoms with E-state index in [1.54, 1.807) is 0 Å². The van der Waals surface area contributed by atoms with Gasteiger partial charge in [0.25, 0.3) is 0 Å². The Bertz CT molecular complexity index is 375. The van der Waals surface area contributed by atoms with Crippen LogP contribution in [0.1, 0.15) is 48.8 Å². The van der Waals surface area contributed by atoms with Crippen LogP contribution in [-0.4, -0.2) is 36.6 Å². The molecule has 2 atom stereocenters. The Balaban J connectivity index is 2.69. The molecule has 0 fully saturated rings. The Morgan fingerprint density at radius 2 is 1.84 bits per heavy atom. The third-order valence-electron chi connectivity index (χ3n) is 3.16. The highest BCUT2D eigenvalue weighted by Gasteiger charge is 2.18. The molecule has 1 rings (SSSR count). The van der Waals surface area contributed by atoms with Crippen LogP contribution in [-0.2, 0) is 0 Å². The average molecular weight is 283 g/mol. The molecule has 0 aromatic carbocycles. The van der Waals surface area contributed by atoms with Crippen LogP contribution in [0.5, 0.6) is 0 Å². The Labute approximate surface area is 122 Å². The van der Waals surface area contributed by atoms with Gasteiger partial charge in [-0.1, -0.05) is 13.8 Å². The van der Waals surface area contributed by atoms with E-state index in [-0.39, 0.29) is 0 Å². The van der Waals surface area contributed by atoms with E-state index in [1.807, 2.05) is 11.3 Å². The molecule has 19 heavy (non-hydrogen) atoms. The van der Waals surface area contributed by atoms with E-state index in [0.29, 0.717) is 18.0 Å². The second kappa shape index (κ2) is 7.36. The summed E-state index contributed by atoms with van der Waals surface area (Å²) in [5.74, 6) is 0.717. The van der Waals surface area contributed by atoms with E-state index in [0.717, 1.165) is 11.6 Å². The van der Waals surface area contributed by atoms with E-state index < -0.39 is 0 Å². The molecule has 0 aliphatic rings. The van der Waals surface area contributed by atoms with Crippen molar-refractivity contribution >= 4 is 11.3 Å². The van der Waals surface area contributed by atoms with Crippen molar-refractivity contribution in [2.24, 2.45) is 5.92 Å². The first-order valence-corrected chi connectivity index (χ1v) is 7.96. The van der Waals surface area contributed by atoms with Gasteiger partial charge in [0.05, 0.1) is 10.7 Å². The van der Waals surface area contributed by atoms with Crippen LogP contribution in [0.15, 0.2) is 0 Å². The van der Waals surface area contributed by atoms with E-state index in [9.17, 15) is 0 Å². The number of nitrogens with zero attached hydrogens (tertiary/aromatic N) is 2. The van der Waals surface area contributed by atoms with Gasteiger partial charge in [0.2, 0.25) is 0 Å². The summed E-state index contributed by atoms with van der Waals surface area (Å²) in [5, 5.41) is 4.94. The molecule has 3 nitrogen and oxygen atoms in total. The molecule has 0 bridgehead atoms. The lowest BCUT2D eigenvalue weighted by atomic mass is 10.0. The van der Waals surface area contributed by atoms with Crippen molar-refractivity contribution in [3.8, 4) is 0 Å². The minimum Gasteiger partial charge on any atom is -0.308 e. The Morgan fingerprint density at radius 1 is 1.21 bits per heavy atom. The molecule has 0 aliphatic carbocycles. The van der Waals surface area contributed by atoms with Gasteiger partial charge in [-0.05, 0) is 47.2 Å². The van der Waals surface area contributed by atoms with Gasteiger partial charge >= 0.3 is 0 Å². The molecular formula is C15H29N3S. The number of aryl methyl sites for hydroxylation is 2. The van der Waals surface area contributed by atoms with Crippen molar-refractivity contribution in [1.82, 2.24) is 15.2 Å². The van der Waals surface area contributed by atoms with Gasteiger partial charge in [0.1, 0.15) is 0 Å². The predicted octanol–water partition coefficient (Wildman–Crippen LogP) is 3.39. The molecule has 0 saturated carbocycles. The summed E-state index contributed by atoms with van der Waals surface area (Å²) in [6.45, 7) is 12.1. The summed E-state index contributed by atoms with van der Waals surface area (Å²) in [6, 6.07) is 0.918. The SMILES string of the molecule is Cc1nc(C)c(C(C)NC(CC(C)C)CN(C)C)s1. The van der Waals surface area contributed by atoms with Gasteiger partial charge in [-0.25, -0.2) is 4.98 Å². The monoisotopic (exact) mass is 283 g/mol. The van der Waals surface area contributed by atoms with E-state index in [4.69, 9.17) is 0 Å². The van der Waals surface area contributed by atoms with Crippen LogP contribution in [0.4, 0.5) is 0 Å². The maximum Gasteiger partial charge on any atom is 0.0900 e. The zero-order valence-electron chi connectivity index (χ0n) is 13.4. The number of thiazole rings is 1. The molecule has 0 spiro atoms. The Hall–Kier alpha value is -0.450. The highest BCUT2D eigenvalue weighted by molar-refractivity contribution is 7.11. The largest absolute Gasteiger partial charge is 0.308 e. The molecule has 0 amide bonds. The molecule has 110 valence electrons. The summed E-state index contributed by atoms with van der Waals surface area (Å²) >= 11 is 1.81. The summed E-state index contributed by atoms with van der Waals surface area (Å²) in [7, 11) is 4.28. The highest BCUT2D eigenvalue weighted by Crippen LogP contribution is 2.25. The van der Waals surface area contributed by atoms with Crippen LogP contribution < -0.4 is 5.32 Å². The number of rotatable bonds is 7. The standard InChI is InChI=1S/C15H29N3S/c1-10(2)8-14(9-18(6)7)17-12(4)15-11(3)16-13(5)19-15/h10,12,14,17H,8-9H2,1-7H3. The van der Waals surface area contributed by atoms with E-state index >= 15 is 0 Å². The first-order valence-electron chi connectivity index (χ1n) is 7.14. The average Bonchev–Trinajstić information content (AvgIpc) is 2.55. The second-order valence-electron chi connectivity index (χ2n) is 6.16. The molecule has 1 heterocycles. The molecule has 0 aliphatic heterocycles. The van der Waals surface area contributed by atoms with Gasteiger partial charge in [-0.2, -0.15) is 0 Å². The Morgan fingerprint density at radius 3 is 2.26 bits per heavy atom. The van der Waals surface area contributed by atoms with Crippen molar-refractivity contribution in [3.63, 3.8) is 0 Å². The zero-order chi connectivity index (χ0) is 14.6. The molecular weight excluding hydrogens is 254 g/mol. The third kappa shape index (κ3) is 5.59. The van der Waals surface area contributed by atoms with E-state index in [2.05, 4.69) is 63.9 Å². The fourth-order valence-electron chi connectivity index (χ4n) is 2.58. The second-order valence-corrected chi connectivity index (χ2v) is 7.39. The smallest absolute Gasteiger partial charge is 0.0900 e. The molecule has 2 unspecified atom stereocenters. The summed E-state index contributed by atoms with van der Waals surface area (Å²) in [5.41, 5.74) is 1.18. The van der Waals surface area contributed by atoms with Crippen molar-refractivity contribution in [2.75, 3.05) is 20.6 Å². The fourth-order valence-corrected chi connectivity index (χ4v) is 3.52. The van der Waals surface area contributed by atoms with Crippen molar-refractivity contribution < 1.29 is 0 Å². The summed E-state index contributed by atoms with van der Waals surface area (Å²) in [4.78, 5) is 8.17. The van der Waals surface area contributed by atoms with E-state index in [1.165, 1.54) is 17.0 Å². The topological polar surface area (TPSA) is 28.2 Å². The van der Waals surface area contributed by atoms with Crippen LogP contribution in [0.3, 0.4) is 0 Å². The lowest BCUT2D eigenvalue weighted by Crippen LogP contribution is -2.40. The predicted molar refractivity (Wildman–Crippen MR) is 84.9 cm³/mol. The highest BCUT2D eigenvalue weighted by atomic mass is 32.1. The number of nitrogens with one attached hydrogen (secondary N) is 1. The van der Waals surface area contributed by atoms with Crippen LogP contribution in [0.25, 0.3) is 0 Å². The minimum atomic E-state index is 0.384. The van der Waals surface area contributed by atoms with Crippen LogP contribution >= 0.6 is 11.3 Å². The lowest BCUT2D eigenvalue weighted by molar-refractivity contribution is 0.291. The maximum atomic E-state index is 4.53. The normalized spacial score (nSPS) is 15.2. The van der Waals surface area contributed by atoms with Gasteiger partial charge in [-0.3, -0.25) is 0 Å². The van der Waals surface area contributed by atoms with Gasteiger partial charge in [-0.15, -0.1) is 11.3 Å². The first-order chi connectivity index (χ1) is 8.79. The third-order valence-corrected chi connectivity index (χ3v) is 4.42. The van der Waals surface area contributed by atoms with Crippen molar-refractivity contribution in [2.45, 2.75) is 53.1 Å².